The van der Waals surface area contributed by atoms with Crippen LogP contribution in [0.1, 0.15) is 13.3 Å². The van der Waals surface area contributed by atoms with E-state index < -0.39 is 6.10 Å². The second kappa shape index (κ2) is 6.91. The Morgan fingerprint density at radius 3 is 2.65 bits per heavy atom. The molecule has 1 aromatic carbocycles. The lowest BCUT2D eigenvalue weighted by Gasteiger charge is -2.16. The Bertz CT molecular complexity index is 558. The number of para-hydroxylation sites is 1. The Balaban J connectivity index is 2.00. The summed E-state index contributed by atoms with van der Waals surface area (Å²) >= 11 is 5.75. The Morgan fingerprint density at radius 1 is 1.30 bits per heavy atom. The predicted molar refractivity (Wildman–Crippen MR) is 79.0 cm³/mol. The third-order valence-corrected chi connectivity index (χ3v) is 2.89. The van der Waals surface area contributed by atoms with Crippen molar-refractivity contribution in [3.63, 3.8) is 0 Å². The van der Waals surface area contributed by atoms with Gasteiger partial charge >= 0.3 is 0 Å². The fourth-order valence-corrected chi connectivity index (χ4v) is 1.75. The molecule has 1 amide bonds. The van der Waals surface area contributed by atoms with Gasteiger partial charge in [-0.2, -0.15) is 0 Å². The zero-order chi connectivity index (χ0) is 14.4. The average molecular weight is 291 g/mol. The van der Waals surface area contributed by atoms with Gasteiger partial charge in [-0.05, 0) is 30.7 Å². The lowest BCUT2D eigenvalue weighted by atomic mass is 10.2. The van der Waals surface area contributed by atoms with Gasteiger partial charge in [0.15, 0.2) is 6.10 Å². The molecule has 0 saturated carbocycles. The number of carbonyl (C=O) groups is 1. The number of hydrogen-bond donors (Lipinski definition) is 1. The number of hydrogen-bond acceptors (Lipinski definition) is 3. The first kappa shape index (κ1) is 14.3. The highest BCUT2D eigenvalue weighted by molar-refractivity contribution is 6.30. The average Bonchev–Trinajstić information content (AvgIpc) is 2.48. The number of ether oxygens (including phenoxy) is 1. The summed E-state index contributed by atoms with van der Waals surface area (Å²) in [6.45, 7) is 1.89. The molecule has 1 N–H and O–H groups in total. The topological polar surface area (TPSA) is 51.2 Å². The number of halogens is 1. The molecule has 104 valence electrons. The van der Waals surface area contributed by atoms with Crippen LogP contribution in [0.3, 0.4) is 0 Å². The summed E-state index contributed by atoms with van der Waals surface area (Å²) in [7, 11) is 0. The molecule has 0 radical (unpaired) electrons. The first-order valence-corrected chi connectivity index (χ1v) is 6.71. The van der Waals surface area contributed by atoms with Crippen LogP contribution in [-0.2, 0) is 4.79 Å². The second-order valence-electron chi connectivity index (χ2n) is 4.18. The highest BCUT2D eigenvalue weighted by Gasteiger charge is 2.18. The summed E-state index contributed by atoms with van der Waals surface area (Å²) < 4.78 is 5.66. The highest BCUT2D eigenvalue weighted by atomic mass is 35.5. The molecule has 1 heterocycles. The fraction of sp³-hybridized carbons (Fsp3) is 0.200. The van der Waals surface area contributed by atoms with Crippen molar-refractivity contribution < 1.29 is 9.53 Å². The van der Waals surface area contributed by atoms with Gasteiger partial charge in [0, 0.05) is 6.20 Å². The molecule has 4 nitrogen and oxygen atoms in total. The van der Waals surface area contributed by atoms with Crippen molar-refractivity contribution in [2.45, 2.75) is 19.4 Å². The van der Waals surface area contributed by atoms with Crippen LogP contribution in [0, 0.1) is 0 Å². The van der Waals surface area contributed by atoms with Crippen molar-refractivity contribution in [2.24, 2.45) is 0 Å². The number of pyridine rings is 1. The Kier molecular flexibility index (Phi) is 4.96. The number of benzene rings is 1. The zero-order valence-electron chi connectivity index (χ0n) is 11.0. The molecule has 1 aromatic heterocycles. The van der Waals surface area contributed by atoms with Crippen LogP contribution in [0.5, 0.6) is 5.75 Å². The number of aromatic nitrogens is 1. The van der Waals surface area contributed by atoms with Gasteiger partial charge in [-0.3, -0.25) is 4.79 Å². The first-order chi connectivity index (χ1) is 9.69. The van der Waals surface area contributed by atoms with Crippen molar-refractivity contribution >= 4 is 23.3 Å². The summed E-state index contributed by atoms with van der Waals surface area (Å²) in [5.41, 5.74) is 0. The summed E-state index contributed by atoms with van der Waals surface area (Å²) in [6.07, 6.45) is 1.49. The van der Waals surface area contributed by atoms with E-state index >= 15 is 0 Å². The minimum Gasteiger partial charge on any atom is -0.481 e. The van der Waals surface area contributed by atoms with E-state index in [0.717, 1.165) is 0 Å². The van der Waals surface area contributed by atoms with E-state index in [4.69, 9.17) is 16.3 Å². The van der Waals surface area contributed by atoms with E-state index in [0.29, 0.717) is 23.0 Å². The highest BCUT2D eigenvalue weighted by Crippen LogP contribution is 2.14. The van der Waals surface area contributed by atoms with Gasteiger partial charge in [0.2, 0.25) is 0 Å². The molecule has 1 atom stereocenters. The van der Waals surface area contributed by atoms with Gasteiger partial charge in [-0.25, -0.2) is 4.98 Å². The van der Waals surface area contributed by atoms with E-state index in [9.17, 15) is 4.79 Å². The lowest BCUT2D eigenvalue weighted by molar-refractivity contribution is -0.122. The molecule has 0 fully saturated rings. The maximum Gasteiger partial charge on any atom is 0.266 e. The van der Waals surface area contributed by atoms with Gasteiger partial charge in [0.1, 0.15) is 11.6 Å². The lowest BCUT2D eigenvalue weighted by Crippen LogP contribution is -2.32. The molecule has 2 aromatic rings. The van der Waals surface area contributed by atoms with Crippen molar-refractivity contribution in [3.05, 3.63) is 53.7 Å². The van der Waals surface area contributed by atoms with Gasteiger partial charge in [-0.15, -0.1) is 0 Å². The zero-order valence-corrected chi connectivity index (χ0v) is 11.8. The van der Waals surface area contributed by atoms with E-state index in [2.05, 4.69) is 10.3 Å². The number of anilines is 1. The minimum absolute atomic E-state index is 0.230. The van der Waals surface area contributed by atoms with Crippen LogP contribution >= 0.6 is 11.6 Å². The Morgan fingerprint density at radius 2 is 2.05 bits per heavy atom. The number of nitrogens with zero attached hydrogens (tertiary/aromatic N) is 1. The maximum absolute atomic E-state index is 12.1. The molecule has 20 heavy (non-hydrogen) atoms. The predicted octanol–water partition coefficient (Wildman–Crippen LogP) is 3.53. The number of nitrogens with one attached hydrogen (secondary N) is 1. The monoisotopic (exact) mass is 290 g/mol. The molecular weight excluding hydrogens is 276 g/mol. The van der Waals surface area contributed by atoms with Crippen molar-refractivity contribution in [3.8, 4) is 5.75 Å². The molecule has 0 aliphatic heterocycles. The summed E-state index contributed by atoms with van der Waals surface area (Å²) in [4.78, 5) is 16.1. The molecular formula is C15H15ClN2O2. The van der Waals surface area contributed by atoms with Crippen LogP contribution in [0.25, 0.3) is 0 Å². The van der Waals surface area contributed by atoms with Crippen LogP contribution in [0.4, 0.5) is 5.82 Å². The van der Waals surface area contributed by atoms with E-state index in [1.807, 2.05) is 37.3 Å². The standard InChI is InChI=1S/C15H15ClN2O2/c1-2-13(20-12-6-4-3-5-7-12)15(19)18-14-9-8-11(16)10-17-14/h3-10,13H,2H2,1H3,(H,17,18,19)/t13-/m0/s1. The molecule has 0 saturated heterocycles. The van der Waals surface area contributed by atoms with Gasteiger partial charge in [0.25, 0.3) is 5.91 Å². The second-order valence-corrected chi connectivity index (χ2v) is 4.62. The van der Waals surface area contributed by atoms with Gasteiger partial charge in [-0.1, -0.05) is 36.7 Å². The van der Waals surface area contributed by atoms with E-state index in [-0.39, 0.29) is 5.91 Å². The van der Waals surface area contributed by atoms with Crippen LogP contribution in [-0.4, -0.2) is 17.0 Å². The van der Waals surface area contributed by atoms with Gasteiger partial charge < -0.3 is 10.1 Å². The van der Waals surface area contributed by atoms with Crippen molar-refractivity contribution in [1.29, 1.82) is 0 Å². The quantitative estimate of drug-likeness (QED) is 0.916. The largest absolute Gasteiger partial charge is 0.481 e. The van der Waals surface area contributed by atoms with Crippen molar-refractivity contribution in [1.82, 2.24) is 4.98 Å². The van der Waals surface area contributed by atoms with E-state index in [1.54, 1.807) is 12.1 Å². The molecule has 0 bridgehead atoms. The maximum atomic E-state index is 12.1. The van der Waals surface area contributed by atoms with Crippen LogP contribution < -0.4 is 10.1 Å². The molecule has 0 unspecified atom stereocenters. The van der Waals surface area contributed by atoms with E-state index in [1.165, 1.54) is 6.20 Å². The molecule has 0 aliphatic rings. The summed E-state index contributed by atoms with van der Waals surface area (Å²) in [6, 6.07) is 12.6. The minimum atomic E-state index is -0.560. The van der Waals surface area contributed by atoms with Gasteiger partial charge in [0.05, 0.1) is 5.02 Å². The molecule has 2 rings (SSSR count). The van der Waals surface area contributed by atoms with Crippen LogP contribution in [0.2, 0.25) is 5.02 Å². The third-order valence-electron chi connectivity index (χ3n) is 2.66. The summed E-state index contributed by atoms with van der Waals surface area (Å²) in [5, 5.41) is 3.23. The smallest absolute Gasteiger partial charge is 0.266 e. The molecule has 5 heteroatoms. The number of rotatable bonds is 5. The third kappa shape index (κ3) is 3.96. The van der Waals surface area contributed by atoms with Crippen LogP contribution in [0.15, 0.2) is 48.7 Å². The molecule has 0 aliphatic carbocycles. The fourth-order valence-electron chi connectivity index (χ4n) is 1.64. The summed E-state index contributed by atoms with van der Waals surface area (Å²) in [5.74, 6) is 0.888. The number of amides is 1. The Labute approximate surface area is 122 Å². The normalized spacial score (nSPS) is 11.7. The SMILES string of the molecule is CC[C@H](Oc1ccccc1)C(=O)Nc1ccc(Cl)cn1. The number of carbonyl (C=O) groups excluding carboxylic acids is 1. The Hall–Kier alpha value is -2.07. The first-order valence-electron chi connectivity index (χ1n) is 6.33. The van der Waals surface area contributed by atoms with Crippen molar-refractivity contribution in [2.75, 3.05) is 5.32 Å². The molecule has 0 spiro atoms.